The third kappa shape index (κ3) is 2.99. The molecular weight excluding hydrogens is 317 g/mol. The van der Waals surface area contributed by atoms with Gasteiger partial charge in [0, 0.05) is 12.7 Å². The number of halogens is 4. The van der Waals surface area contributed by atoms with Gasteiger partial charge in [-0.1, -0.05) is 12.1 Å². The summed E-state index contributed by atoms with van der Waals surface area (Å²) in [5, 5.41) is 3.90. The van der Waals surface area contributed by atoms with Crippen LogP contribution in [0.1, 0.15) is 11.1 Å². The van der Waals surface area contributed by atoms with Crippen molar-refractivity contribution < 1.29 is 13.2 Å². The van der Waals surface area contributed by atoms with Crippen LogP contribution in [-0.2, 0) is 12.7 Å². The van der Waals surface area contributed by atoms with E-state index >= 15 is 0 Å². The number of aromatic nitrogens is 3. The summed E-state index contributed by atoms with van der Waals surface area (Å²) >= 11 is 5.83. The van der Waals surface area contributed by atoms with Gasteiger partial charge in [0.2, 0.25) is 5.28 Å². The van der Waals surface area contributed by atoms with Crippen molar-refractivity contribution in [1.29, 1.82) is 0 Å². The number of aromatic amines is 1. The Balaban J connectivity index is 1.78. The van der Waals surface area contributed by atoms with Crippen LogP contribution in [0.2, 0.25) is 5.28 Å². The van der Waals surface area contributed by atoms with Gasteiger partial charge in [0.05, 0.1) is 10.9 Å². The van der Waals surface area contributed by atoms with Gasteiger partial charge in [-0.15, -0.1) is 0 Å². The van der Waals surface area contributed by atoms with Gasteiger partial charge in [-0.05, 0) is 35.4 Å². The Morgan fingerprint density at radius 3 is 2.50 bits per heavy atom. The summed E-state index contributed by atoms with van der Waals surface area (Å²) in [7, 11) is 0. The number of nitrogens with zero attached hydrogens (tertiary/aromatic N) is 2. The second-order valence-corrected chi connectivity index (χ2v) is 4.97. The zero-order valence-electron chi connectivity index (χ0n) is 11.1. The van der Waals surface area contributed by atoms with Crippen molar-refractivity contribution in [2.24, 2.45) is 0 Å². The van der Waals surface area contributed by atoms with Crippen molar-refractivity contribution in [3.63, 3.8) is 0 Å². The van der Waals surface area contributed by atoms with E-state index in [9.17, 15) is 13.2 Å². The van der Waals surface area contributed by atoms with E-state index in [1.807, 2.05) is 0 Å². The molecular formula is C14H10ClF3N4. The van der Waals surface area contributed by atoms with E-state index in [0.29, 0.717) is 23.6 Å². The summed E-state index contributed by atoms with van der Waals surface area (Å²) < 4.78 is 37.5. The van der Waals surface area contributed by atoms with Gasteiger partial charge in [-0.25, -0.2) is 4.98 Å². The molecule has 0 atom stereocenters. The highest BCUT2D eigenvalue weighted by Crippen LogP contribution is 2.29. The zero-order valence-corrected chi connectivity index (χ0v) is 11.8. The van der Waals surface area contributed by atoms with Crippen LogP contribution in [0.5, 0.6) is 0 Å². The maximum Gasteiger partial charge on any atom is 0.416 e. The van der Waals surface area contributed by atoms with Gasteiger partial charge in [0.25, 0.3) is 0 Å². The van der Waals surface area contributed by atoms with Crippen molar-refractivity contribution >= 4 is 28.5 Å². The number of nitrogens with one attached hydrogen (secondary N) is 2. The quantitative estimate of drug-likeness (QED) is 0.708. The number of fused-ring (bicyclic) bond motifs is 1. The number of benzene rings is 1. The highest BCUT2D eigenvalue weighted by Gasteiger charge is 2.29. The SMILES string of the molecule is FC(F)(F)c1ccc(CNc2nc(Cl)nc3[nH]ccc23)cc1. The van der Waals surface area contributed by atoms with E-state index in [2.05, 4.69) is 20.3 Å². The Hall–Kier alpha value is -2.28. The Morgan fingerprint density at radius 2 is 1.82 bits per heavy atom. The van der Waals surface area contributed by atoms with Crippen LogP contribution in [0.4, 0.5) is 19.0 Å². The average molecular weight is 327 g/mol. The standard InChI is InChI=1S/C14H10ClF3N4/c15-13-21-11-10(5-6-19-11)12(22-13)20-7-8-1-3-9(4-2-8)14(16,17)18/h1-6H,7H2,(H2,19,20,21,22). The molecule has 8 heteroatoms. The predicted octanol–water partition coefficient (Wildman–Crippen LogP) is 4.24. The fraction of sp³-hybridized carbons (Fsp3) is 0.143. The van der Waals surface area contributed by atoms with Gasteiger partial charge in [0.15, 0.2) is 0 Å². The normalized spacial score (nSPS) is 11.8. The molecule has 0 aliphatic carbocycles. The smallest absolute Gasteiger partial charge is 0.365 e. The summed E-state index contributed by atoms with van der Waals surface area (Å²) in [6, 6.07) is 6.74. The Bertz CT molecular complexity index is 796. The Labute approximate surface area is 128 Å². The first kappa shape index (κ1) is 14.6. The lowest BCUT2D eigenvalue weighted by Crippen LogP contribution is -2.06. The Kier molecular flexibility index (Phi) is 3.66. The number of rotatable bonds is 3. The molecule has 2 aromatic heterocycles. The first-order valence-electron chi connectivity index (χ1n) is 6.34. The van der Waals surface area contributed by atoms with Crippen LogP contribution in [-0.4, -0.2) is 15.0 Å². The lowest BCUT2D eigenvalue weighted by molar-refractivity contribution is -0.137. The third-order valence-electron chi connectivity index (χ3n) is 3.13. The van der Waals surface area contributed by atoms with Crippen LogP contribution >= 0.6 is 11.6 Å². The maximum atomic E-state index is 12.5. The van der Waals surface area contributed by atoms with Crippen LogP contribution in [0.3, 0.4) is 0 Å². The number of H-pyrrole nitrogens is 1. The van der Waals surface area contributed by atoms with Crippen LogP contribution in [0.25, 0.3) is 11.0 Å². The highest BCUT2D eigenvalue weighted by molar-refractivity contribution is 6.28. The molecule has 22 heavy (non-hydrogen) atoms. The Morgan fingerprint density at radius 1 is 1.09 bits per heavy atom. The molecule has 0 fully saturated rings. The van der Waals surface area contributed by atoms with E-state index in [-0.39, 0.29) is 5.28 Å². The molecule has 2 N–H and O–H groups in total. The van der Waals surface area contributed by atoms with Crippen molar-refractivity contribution in [3.05, 3.63) is 52.9 Å². The molecule has 0 bridgehead atoms. The van der Waals surface area contributed by atoms with E-state index in [4.69, 9.17) is 11.6 Å². The minimum absolute atomic E-state index is 0.0878. The third-order valence-corrected chi connectivity index (χ3v) is 3.30. The lowest BCUT2D eigenvalue weighted by Gasteiger charge is -2.09. The molecule has 1 aromatic carbocycles. The molecule has 3 rings (SSSR count). The van der Waals surface area contributed by atoms with E-state index in [1.165, 1.54) is 12.1 Å². The molecule has 0 aliphatic heterocycles. The second-order valence-electron chi connectivity index (χ2n) is 4.63. The van der Waals surface area contributed by atoms with Crippen molar-refractivity contribution in [3.8, 4) is 0 Å². The summed E-state index contributed by atoms with van der Waals surface area (Å²) in [5.41, 5.74) is 0.621. The summed E-state index contributed by atoms with van der Waals surface area (Å²) in [5.74, 6) is 0.524. The fourth-order valence-corrected chi connectivity index (χ4v) is 2.22. The van der Waals surface area contributed by atoms with E-state index in [1.54, 1.807) is 12.3 Å². The monoisotopic (exact) mass is 326 g/mol. The van der Waals surface area contributed by atoms with Crippen molar-refractivity contribution in [1.82, 2.24) is 15.0 Å². The molecule has 0 amide bonds. The van der Waals surface area contributed by atoms with Gasteiger partial charge >= 0.3 is 6.18 Å². The molecule has 0 saturated heterocycles. The minimum Gasteiger partial charge on any atom is -0.365 e. The minimum atomic E-state index is -4.33. The topological polar surface area (TPSA) is 53.6 Å². The van der Waals surface area contributed by atoms with Crippen LogP contribution < -0.4 is 5.32 Å². The maximum absolute atomic E-state index is 12.5. The van der Waals surface area contributed by atoms with Crippen LogP contribution in [0, 0.1) is 0 Å². The second kappa shape index (κ2) is 5.49. The predicted molar refractivity (Wildman–Crippen MR) is 77.7 cm³/mol. The molecule has 3 aromatic rings. The van der Waals surface area contributed by atoms with Gasteiger partial charge in [-0.2, -0.15) is 18.2 Å². The molecule has 0 radical (unpaired) electrons. The molecule has 114 valence electrons. The number of anilines is 1. The summed E-state index contributed by atoms with van der Waals surface area (Å²) in [6.07, 6.45) is -2.62. The number of hydrogen-bond acceptors (Lipinski definition) is 3. The molecule has 0 unspecified atom stereocenters. The number of alkyl halides is 3. The molecule has 4 nitrogen and oxygen atoms in total. The van der Waals surface area contributed by atoms with Crippen LogP contribution in [0.15, 0.2) is 36.5 Å². The first-order chi connectivity index (χ1) is 10.4. The average Bonchev–Trinajstić information content (AvgIpc) is 2.92. The molecule has 0 saturated carbocycles. The highest BCUT2D eigenvalue weighted by atomic mass is 35.5. The molecule has 2 heterocycles. The summed E-state index contributed by atoms with van der Waals surface area (Å²) in [6.45, 7) is 0.325. The van der Waals surface area contributed by atoms with Crippen molar-refractivity contribution in [2.75, 3.05) is 5.32 Å². The molecule has 0 spiro atoms. The zero-order chi connectivity index (χ0) is 15.7. The van der Waals surface area contributed by atoms with E-state index < -0.39 is 11.7 Å². The van der Waals surface area contributed by atoms with Gasteiger partial charge < -0.3 is 10.3 Å². The largest absolute Gasteiger partial charge is 0.416 e. The summed E-state index contributed by atoms with van der Waals surface area (Å²) in [4.78, 5) is 11.0. The fourth-order valence-electron chi connectivity index (χ4n) is 2.05. The first-order valence-corrected chi connectivity index (χ1v) is 6.72. The van der Waals surface area contributed by atoms with Crippen molar-refractivity contribution in [2.45, 2.75) is 12.7 Å². The lowest BCUT2D eigenvalue weighted by atomic mass is 10.1. The van der Waals surface area contributed by atoms with E-state index in [0.717, 1.165) is 17.5 Å². The van der Waals surface area contributed by atoms with Gasteiger partial charge in [0.1, 0.15) is 11.5 Å². The molecule has 0 aliphatic rings. The number of hydrogen-bond donors (Lipinski definition) is 2. The van der Waals surface area contributed by atoms with Gasteiger partial charge in [-0.3, -0.25) is 0 Å².